The molecule has 162 valence electrons. The number of aromatic nitrogens is 2. The summed E-state index contributed by atoms with van der Waals surface area (Å²) in [6.07, 6.45) is 0. The second kappa shape index (κ2) is 8.44. The van der Waals surface area contributed by atoms with E-state index in [1.54, 1.807) is 27.7 Å². The van der Waals surface area contributed by atoms with Crippen LogP contribution in [0.25, 0.3) is 5.69 Å². The van der Waals surface area contributed by atoms with Crippen molar-refractivity contribution in [1.29, 1.82) is 0 Å². The summed E-state index contributed by atoms with van der Waals surface area (Å²) in [4.78, 5) is 25.2. The average molecular weight is 441 g/mol. The van der Waals surface area contributed by atoms with E-state index in [4.69, 9.17) is 0 Å². The van der Waals surface area contributed by atoms with Gasteiger partial charge in [-0.3, -0.25) is 9.59 Å². The molecule has 2 N–H and O–H groups in total. The van der Waals surface area contributed by atoms with Gasteiger partial charge in [0.05, 0.1) is 10.6 Å². The number of benzene rings is 2. The van der Waals surface area contributed by atoms with Gasteiger partial charge in [0.25, 0.3) is 5.91 Å². The Hall–Kier alpha value is -3.30. The van der Waals surface area contributed by atoms with Crippen molar-refractivity contribution in [3.05, 3.63) is 82.3 Å². The fourth-order valence-electron chi connectivity index (χ4n) is 2.93. The van der Waals surface area contributed by atoms with Crippen LogP contribution in [0.4, 0.5) is 5.69 Å². The molecule has 0 spiro atoms. The fraction of sp³-hybridized carbons (Fsp3) is 0.227. The molecule has 0 aliphatic heterocycles. The maximum atomic E-state index is 12.8. The second-order valence-corrected chi connectivity index (χ2v) is 9.77. The molecule has 0 bridgehead atoms. The molecule has 0 fully saturated rings. The summed E-state index contributed by atoms with van der Waals surface area (Å²) in [6.45, 7) is 6.92. The second-order valence-electron chi connectivity index (χ2n) is 8.08. The number of nitrogens with zero attached hydrogens (tertiary/aromatic N) is 2. The topological polar surface area (TPSA) is 110 Å². The molecule has 8 nitrogen and oxygen atoms in total. The summed E-state index contributed by atoms with van der Waals surface area (Å²) in [5.74, 6) is -0.729. The number of aryl methyl sites for hydroxylation is 1. The van der Waals surface area contributed by atoms with Gasteiger partial charge < -0.3 is 5.32 Å². The number of para-hydroxylation sites is 1. The number of rotatable bonds is 5. The molecule has 31 heavy (non-hydrogen) atoms. The molecule has 0 unspecified atom stereocenters. The lowest BCUT2D eigenvalue weighted by Gasteiger charge is -2.20. The first kappa shape index (κ1) is 22.4. The first-order valence-corrected chi connectivity index (χ1v) is 11.1. The summed E-state index contributed by atoms with van der Waals surface area (Å²) in [6, 6.07) is 16.3. The highest BCUT2D eigenvalue weighted by atomic mass is 32.2. The Morgan fingerprint density at radius 1 is 1.00 bits per heavy atom. The van der Waals surface area contributed by atoms with E-state index in [0.29, 0.717) is 11.4 Å². The SMILES string of the molecule is Cc1cc(=O)c(C(=O)Nc2cccc(S(=O)(=O)NC(C)(C)C)c2)nn1-c1ccccc1. The first-order valence-electron chi connectivity index (χ1n) is 9.58. The zero-order valence-electron chi connectivity index (χ0n) is 17.7. The molecule has 3 aromatic rings. The van der Waals surface area contributed by atoms with Crippen molar-refractivity contribution < 1.29 is 13.2 Å². The highest BCUT2D eigenvalue weighted by Crippen LogP contribution is 2.18. The minimum Gasteiger partial charge on any atom is -0.320 e. The van der Waals surface area contributed by atoms with Crippen molar-refractivity contribution in [3.63, 3.8) is 0 Å². The van der Waals surface area contributed by atoms with Crippen LogP contribution < -0.4 is 15.5 Å². The van der Waals surface area contributed by atoms with Gasteiger partial charge in [-0.2, -0.15) is 5.10 Å². The third kappa shape index (κ3) is 5.44. The van der Waals surface area contributed by atoms with E-state index in [1.165, 1.54) is 35.0 Å². The van der Waals surface area contributed by atoms with Gasteiger partial charge in [0.1, 0.15) is 0 Å². The zero-order valence-corrected chi connectivity index (χ0v) is 18.5. The normalized spacial score (nSPS) is 11.9. The van der Waals surface area contributed by atoms with E-state index in [-0.39, 0.29) is 16.3 Å². The van der Waals surface area contributed by atoms with Crippen LogP contribution in [-0.2, 0) is 10.0 Å². The largest absolute Gasteiger partial charge is 0.320 e. The highest BCUT2D eigenvalue weighted by molar-refractivity contribution is 7.89. The molecule has 1 amide bonds. The zero-order chi connectivity index (χ0) is 22.8. The van der Waals surface area contributed by atoms with Gasteiger partial charge in [-0.1, -0.05) is 24.3 Å². The van der Waals surface area contributed by atoms with Crippen LogP contribution in [0.1, 0.15) is 37.0 Å². The van der Waals surface area contributed by atoms with Crippen LogP contribution in [0.3, 0.4) is 0 Å². The van der Waals surface area contributed by atoms with Crippen LogP contribution in [0.5, 0.6) is 0 Å². The highest BCUT2D eigenvalue weighted by Gasteiger charge is 2.23. The first-order chi connectivity index (χ1) is 14.5. The number of carbonyl (C=O) groups is 1. The Bertz CT molecular complexity index is 1280. The number of amides is 1. The quantitative estimate of drug-likeness (QED) is 0.634. The van der Waals surface area contributed by atoms with Crippen molar-refractivity contribution >= 4 is 21.6 Å². The Labute approximate surface area is 181 Å². The maximum Gasteiger partial charge on any atom is 0.280 e. The number of hydrogen-bond donors (Lipinski definition) is 2. The van der Waals surface area contributed by atoms with E-state index in [2.05, 4.69) is 15.1 Å². The van der Waals surface area contributed by atoms with Gasteiger partial charge in [0.15, 0.2) is 5.69 Å². The lowest BCUT2D eigenvalue weighted by molar-refractivity contribution is 0.101. The monoisotopic (exact) mass is 440 g/mol. The molecule has 3 rings (SSSR count). The van der Waals surface area contributed by atoms with E-state index in [9.17, 15) is 18.0 Å². The number of anilines is 1. The third-order valence-corrected chi connectivity index (χ3v) is 5.92. The van der Waals surface area contributed by atoms with Gasteiger partial charge in [-0.15, -0.1) is 0 Å². The molecule has 2 aromatic carbocycles. The lowest BCUT2D eigenvalue weighted by Crippen LogP contribution is -2.40. The Balaban J connectivity index is 1.92. The molecule has 0 saturated carbocycles. The molecule has 9 heteroatoms. The van der Waals surface area contributed by atoms with Crippen molar-refractivity contribution in [2.75, 3.05) is 5.32 Å². The van der Waals surface area contributed by atoms with Gasteiger partial charge in [-0.25, -0.2) is 17.8 Å². The number of carbonyl (C=O) groups excluding carboxylic acids is 1. The molecule has 0 aliphatic rings. The Kier molecular flexibility index (Phi) is 6.10. The van der Waals surface area contributed by atoms with Crippen LogP contribution in [0.2, 0.25) is 0 Å². The maximum absolute atomic E-state index is 12.8. The summed E-state index contributed by atoms with van der Waals surface area (Å²) < 4.78 is 29.2. The molecular weight excluding hydrogens is 416 g/mol. The Morgan fingerprint density at radius 2 is 1.68 bits per heavy atom. The van der Waals surface area contributed by atoms with E-state index in [1.807, 2.05) is 30.3 Å². The molecule has 1 heterocycles. The number of sulfonamides is 1. The van der Waals surface area contributed by atoms with Crippen molar-refractivity contribution in [3.8, 4) is 5.69 Å². The van der Waals surface area contributed by atoms with Crippen LogP contribution >= 0.6 is 0 Å². The lowest BCUT2D eigenvalue weighted by atomic mass is 10.1. The molecule has 1 aromatic heterocycles. The molecule has 0 atom stereocenters. The number of nitrogens with one attached hydrogen (secondary N) is 2. The molecule has 0 aliphatic carbocycles. The van der Waals surface area contributed by atoms with E-state index < -0.39 is 26.9 Å². The molecular formula is C22H24N4O4S. The summed E-state index contributed by atoms with van der Waals surface area (Å²) in [5.41, 5.74) is 0.0297. The predicted molar refractivity (Wildman–Crippen MR) is 119 cm³/mol. The summed E-state index contributed by atoms with van der Waals surface area (Å²) in [7, 11) is -3.78. The standard InChI is InChI=1S/C22H24N4O4S/c1-15-13-19(27)20(24-26(15)17-10-6-5-7-11-17)21(28)23-16-9-8-12-18(14-16)31(29,30)25-22(2,3)4/h5-14,25H,1-4H3,(H,23,28). The summed E-state index contributed by atoms with van der Waals surface area (Å²) in [5, 5.41) is 6.78. The van der Waals surface area contributed by atoms with Crippen LogP contribution in [0.15, 0.2) is 70.4 Å². The summed E-state index contributed by atoms with van der Waals surface area (Å²) >= 11 is 0. The van der Waals surface area contributed by atoms with E-state index in [0.717, 1.165) is 0 Å². The number of hydrogen-bond acceptors (Lipinski definition) is 5. The van der Waals surface area contributed by atoms with Crippen molar-refractivity contribution in [2.45, 2.75) is 38.1 Å². The minimum absolute atomic E-state index is 0.00112. The third-order valence-electron chi connectivity index (χ3n) is 4.17. The van der Waals surface area contributed by atoms with Gasteiger partial charge in [0.2, 0.25) is 15.5 Å². The Morgan fingerprint density at radius 3 is 2.32 bits per heavy atom. The smallest absolute Gasteiger partial charge is 0.280 e. The van der Waals surface area contributed by atoms with Crippen LogP contribution in [-0.4, -0.2) is 29.6 Å². The minimum atomic E-state index is -3.78. The van der Waals surface area contributed by atoms with Crippen LogP contribution in [0, 0.1) is 6.92 Å². The van der Waals surface area contributed by atoms with Gasteiger partial charge >= 0.3 is 0 Å². The average Bonchev–Trinajstić information content (AvgIpc) is 2.67. The van der Waals surface area contributed by atoms with E-state index >= 15 is 0 Å². The fourth-order valence-corrected chi connectivity index (χ4v) is 4.39. The van der Waals surface area contributed by atoms with Gasteiger partial charge in [0, 0.05) is 23.0 Å². The van der Waals surface area contributed by atoms with Crippen molar-refractivity contribution in [1.82, 2.24) is 14.5 Å². The molecule has 0 radical (unpaired) electrons. The molecule has 0 saturated heterocycles. The predicted octanol–water partition coefficient (Wildman–Crippen LogP) is 2.87. The van der Waals surface area contributed by atoms with Crippen molar-refractivity contribution in [2.24, 2.45) is 0 Å². The van der Waals surface area contributed by atoms with Gasteiger partial charge in [-0.05, 0) is 58.0 Å².